The molecule has 0 fully saturated rings. The van der Waals surface area contributed by atoms with Crippen LogP contribution in [0.15, 0.2) is 18.2 Å². The lowest BCUT2D eigenvalue weighted by Gasteiger charge is -2.13. The summed E-state index contributed by atoms with van der Waals surface area (Å²) in [6.45, 7) is 4.05. The Kier molecular flexibility index (Phi) is 4.05. The largest absolute Gasteiger partial charge is 0.380 e. The first-order valence-corrected chi connectivity index (χ1v) is 5.36. The molecule has 4 heteroatoms. The number of benzene rings is 1. The molecule has 0 bridgehead atoms. The third-order valence-corrected chi connectivity index (χ3v) is 2.48. The van der Waals surface area contributed by atoms with E-state index in [2.05, 4.69) is 5.32 Å². The van der Waals surface area contributed by atoms with Crippen LogP contribution in [-0.4, -0.2) is 11.7 Å². The van der Waals surface area contributed by atoms with E-state index in [0.29, 0.717) is 0 Å². The van der Waals surface area contributed by atoms with Crippen LogP contribution in [0.25, 0.3) is 0 Å². The molecule has 0 unspecified atom stereocenters. The molecule has 0 heterocycles. The van der Waals surface area contributed by atoms with Gasteiger partial charge in [-0.15, -0.1) is 0 Å². The van der Waals surface area contributed by atoms with E-state index in [0.717, 1.165) is 29.7 Å². The van der Waals surface area contributed by atoms with Crippen LogP contribution in [-0.2, 0) is 17.6 Å². The minimum absolute atomic E-state index is 0.465. The van der Waals surface area contributed by atoms with Crippen LogP contribution < -0.4 is 11.1 Å². The van der Waals surface area contributed by atoms with Gasteiger partial charge < -0.3 is 11.1 Å². The minimum atomic E-state index is -0.546. The van der Waals surface area contributed by atoms with Crippen molar-refractivity contribution in [1.29, 1.82) is 5.41 Å². The maximum atomic E-state index is 11.4. The van der Waals surface area contributed by atoms with Crippen molar-refractivity contribution in [3.63, 3.8) is 0 Å². The number of carbonyl (C=O) groups is 1. The van der Waals surface area contributed by atoms with Crippen LogP contribution in [0.2, 0.25) is 0 Å². The van der Waals surface area contributed by atoms with Gasteiger partial charge in [-0.25, -0.2) is 0 Å². The zero-order valence-corrected chi connectivity index (χ0v) is 9.63. The molecule has 0 saturated carbocycles. The van der Waals surface area contributed by atoms with Gasteiger partial charge in [-0.05, 0) is 24.0 Å². The topological polar surface area (TPSA) is 79.0 Å². The van der Waals surface area contributed by atoms with Gasteiger partial charge in [-0.1, -0.05) is 32.0 Å². The predicted molar refractivity (Wildman–Crippen MR) is 65.7 cm³/mol. The Bertz CT molecular complexity index is 390. The van der Waals surface area contributed by atoms with Crippen LogP contribution in [0, 0.1) is 5.41 Å². The second-order valence-electron chi connectivity index (χ2n) is 3.53. The van der Waals surface area contributed by atoms with Crippen molar-refractivity contribution in [2.75, 3.05) is 5.32 Å². The molecule has 0 spiro atoms. The highest BCUT2D eigenvalue weighted by atomic mass is 16.2. The monoisotopic (exact) mass is 219 g/mol. The fourth-order valence-corrected chi connectivity index (χ4v) is 1.58. The Hall–Kier alpha value is -1.84. The molecule has 4 N–H and O–H groups in total. The standard InChI is InChI=1S/C12H17N3O/c1-3-8-6-5-7-9(4-2)10(8)15-12(16)11(13)14/h5-7H,3-4H2,1-2H3,(H3,13,14)(H,15,16). The van der Waals surface area contributed by atoms with Gasteiger partial charge in [0.05, 0.1) is 0 Å². The second-order valence-corrected chi connectivity index (χ2v) is 3.53. The smallest absolute Gasteiger partial charge is 0.290 e. The zero-order chi connectivity index (χ0) is 12.1. The van der Waals surface area contributed by atoms with Crippen molar-refractivity contribution < 1.29 is 4.79 Å². The minimum Gasteiger partial charge on any atom is -0.380 e. The van der Waals surface area contributed by atoms with Crippen molar-refractivity contribution >= 4 is 17.4 Å². The van der Waals surface area contributed by atoms with Gasteiger partial charge in [0.25, 0.3) is 5.91 Å². The second kappa shape index (κ2) is 5.30. The van der Waals surface area contributed by atoms with Crippen LogP contribution in [0.3, 0.4) is 0 Å². The van der Waals surface area contributed by atoms with Crippen LogP contribution in [0.1, 0.15) is 25.0 Å². The number of nitrogens with one attached hydrogen (secondary N) is 2. The summed E-state index contributed by atoms with van der Waals surface area (Å²) >= 11 is 0. The summed E-state index contributed by atoms with van der Waals surface area (Å²) in [7, 11) is 0. The number of nitrogens with two attached hydrogens (primary N) is 1. The number of hydrogen-bond acceptors (Lipinski definition) is 2. The van der Waals surface area contributed by atoms with Gasteiger partial charge in [0.2, 0.25) is 0 Å². The van der Waals surface area contributed by atoms with Gasteiger partial charge in [0.15, 0.2) is 5.84 Å². The van der Waals surface area contributed by atoms with E-state index in [1.165, 1.54) is 0 Å². The number of rotatable bonds is 3. The number of amides is 1. The van der Waals surface area contributed by atoms with Crippen molar-refractivity contribution in [2.24, 2.45) is 5.73 Å². The molecule has 0 saturated heterocycles. The first-order valence-electron chi connectivity index (χ1n) is 5.36. The van der Waals surface area contributed by atoms with Gasteiger partial charge >= 0.3 is 0 Å². The fourth-order valence-electron chi connectivity index (χ4n) is 1.58. The maximum Gasteiger partial charge on any atom is 0.290 e. The van der Waals surface area contributed by atoms with Crippen LogP contribution in [0.4, 0.5) is 5.69 Å². The lowest BCUT2D eigenvalue weighted by molar-refractivity contribution is -0.110. The number of aryl methyl sites for hydroxylation is 2. The molecule has 0 aliphatic heterocycles. The van der Waals surface area contributed by atoms with Crippen molar-refractivity contribution in [3.05, 3.63) is 29.3 Å². The number of para-hydroxylation sites is 1. The fraction of sp³-hybridized carbons (Fsp3) is 0.333. The summed E-state index contributed by atoms with van der Waals surface area (Å²) in [5.41, 5.74) is 8.06. The molecule has 1 amide bonds. The Morgan fingerprint density at radius 2 is 1.81 bits per heavy atom. The lowest BCUT2D eigenvalue weighted by Crippen LogP contribution is -2.29. The molecular formula is C12H17N3O. The molecule has 0 aromatic heterocycles. The highest BCUT2D eigenvalue weighted by Crippen LogP contribution is 2.22. The van der Waals surface area contributed by atoms with Crippen LogP contribution in [0.5, 0.6) is 0 Å². The van der Waals surface area contributed by atoms with Gasteiger partial charge in [0.1, 0.15) is 0 Å². The summed E-state index contributed by atoms with van der Waals surface area (Å²) < 4.78 is 0. The summed E-state index contributed by atoms with van der Waals surface area (Å²) in [6.07, 6.45) is 1.67. The zero-order valence-electron chi connectivity index (χ0n) is 9.63. The van der Waals surface area contributed by atoms with E-state index in [1.807, 2.05) is 32.0 Å². The van der Waals surface area contributed by atoms with Crippen molar-refractivity contribution in [3.8, 4) is 0 Å². The highest BCUT2D eigenvalue weighted by Gasteiger charge is 2.11. The third kappa shape index (κ3) is 2.59. The van der Waals surface area contributed by atoms with Gasteiger partial charge in [-0.2, -0.15) is 0 Å². The Labute approximate surface area is 95.4 Å². The number of carbonyl (C=O) groups excluding carboxylic acids is 1. The number of hydrogen-bond donors (Lipinski definition) is 3. The Balaban J connectivity index is 3.09. The summed E-state index contributed by atoms with van der Waals surface area (Å²) in [6, 6.07) is 5.91. The van der Waals surface area contributed by atoms with E-state index in [1.54, 1.807) is 0 Å². The van der Waals surface area contributed by atoms with Crippen LogP contribution >= 0.6 is 0 Å². The quantitative estimate of drug-likeness (QED) is 0.534. The number of anilines is 1. The molecule has 0 aliphatic rings. The Morgan fingerprint density at radius 3 is 2.19 bits per heavy atom. The molecule has 0 atom stereocenters. The molecule has 1 aromatic rings. The highest BCUT2D eigenvalue weighted by molar-refractivity contribution is 6.40. The summed E-state index contributed by atoms with van der Waals surface area (Å²) in [5, 5.41) is 9.76. The average Bonchev–Trinajstić information content (AvgIpc) is 2.29. The molecule has 4 nitrogen and oxygen atoms in total. The average molecular weight is 219 g/mol. The molecular weight excluding hydrogens is 202 g/mol. The lowest BCUT2D eigenvalue weighted by atomic mass is 10.0. The van der Waals surface area contributed by atoms with E-state index in [9.17, 15) is 4.79 Å². The predicted octanol–water partition coefficient (Wildman–Crippen LogP) is 1.69. The first kappa shape index (κ1) is 12.2. The maximum absolute atomic E-state index is 11.4. The van der Waals surface area contributed by atoms with Gasteiger partial charge in [0, 0.05) is 5.69 Å². The van der Waals surface area contributed by atoms with Crippen molar-refractivity contribution in [1.82, 2.24) is 0 Å². The first-order chi connectivity index (χ1) is 7.60. The van der Waals surface area contributed by atoms with E-state index in [4.69, 9.17) is 11.1 Å². The SMILES string of the molecule is CCc1cccc(CC)c1NC(=O)C(=N)N. The summed E-state index contributed by atoms with van der Waals surface area (Å²) in [4.78, 5) is 11.4. The molecule has 0 radical (unpaired) electrons. The Morgan fingerprint density at radius 1 is 1.31 bits per heavy atom. The molecule has 0 aliphatic carbocycles. The van der Waals surface area contributed by atoms with E-state index < -0.39 is 11.7 Å². The molecule has 1 rings (SSSR count). The molecule has 1 aromatic carbocycles. The normalized spacial score (nSPS) is 9.88. The van der Waals surface area contributed by atoms with E-state index in [-0.39, 0.29) is 0 Å². The summed E-state index contributed by atoms with van der Waals surface area (Å²) in [5.74, 6) is -1.01. The van der Waals surface area contributed by atoms with Crippen molar-refractivity contribution in [2.45, 2.75) is 26.7 Å². The molecule has 16 heavy (non-hydrogen) atoms. The van der Waals surface area contributed by atoms with Gasteiger partial charge in [-0.3, -0.25) is 10.2 Å². The molecule has 86 valence electrons. The van der Waals surface area contributed by atoms with E-state index >= 15 is 0 Å². The third-order valence-electron chi connectivity index (χ3n) is 2.48. The number of amidine groups is 1.